The summed E-state index contributed by atoms with van der Waals surface area (Å²) in [6.45, 7) is 0. The number of nitro benzene ring substituents is 1. The maximum Gasteiger partial charge on any atom is 0.275 e. The van der Waals surface area contributed by atoms with E-state index in [1.807, 2.05) is 12.1 Å². The van der Waals surface area contributed by atoms with Crippen LogP contribution in [-0.2, 0) is 0 Å². The fourth-order valence-electron chi connectivity index (χ4n) is 4.22. The molecule has 1 aliphatic heterocycles. The van der Waals surface area contributed by atoms with Crippen LogP contribution in [0.3, 0.4) is 0 Å². The zero-order chi connectivity index (χ0) is 19.1. The van der Waals surface area contributed by atoms with Crippen LogP contribution in [0.5, 0.6) is 17.2 Å². The van der Waals surface area contributed by atoms with Crippen molar-refractivity contribution >= 4 is 11.4 Å². The average Bonchev–Trinajstić information content (AvgIpc) is 3.16. The summed E-state index contributed by atoms with van der Waals surface area (Å²) in [6, 6.07) is 8.31. The number of ether oxygens (including phenoxy) is 2. The van der Waals surface area contributed by atoms with Crippen molar-refractivity contribution in [2.45, 2.75) is 18.4 Å². The van der Waals surface area contributed by atoms with Crippen molar-refractivity contribution in [3.63, 3.8) is 0 Å². The van der Waals surface area contributed by atoms with E-state index in [-0.39, 0.29) is 34.2 Å². The van der Waals surface area contributed by atoms with Gasteiger partial charge in [-0.3, -0.25) is 10.1 Å². The number of anilines is 1. The summed E-state index contributed by atoms with van der Waals surface area (Å²) in [7, 11) is 3.05. The molecule has 7 heteroatoms. The van der Waals surface area contributed by atoms with Gasteiger partial charge in [-0.15, -0.1) is 0 Å². The predicted molar refractivity (Wildman–Crippen MR) is 101 cm³/mol. The van der Waals surface area contributed by atoms with E-state index in [0.29, 0.717) is 22.7 Å². The topological polar surface area (TPSA) is 93.9 Å². The number of rotatable bonds is 4. The van der Waals surface area contributed by atoms with Gasteiger partial charge in [0.1, 0.15) is 5.75 Å². The monoisotopic (exact) mass is 368 g/mol. The molecule has 0 aromatic heterocycles. The molecule has 0 bridgehead atoms. The first-order valence-corrected chi connectivity index (χ1v) is 8.70. The lowest BCUT2D eigenvalue weighted by Gasteiger charge is -2.37. The number of allylic oxidation sites excluding steroid dienone is 2. The van der Waals surface area contributed by atoms with E-state index >= 15 is 0 Å². The van der Waals surface area contributed by atoms with Gasteiger partial charge in [0, 0.05) is 12.0 Å². The van der Waals surface area contributed by atoms with E-state index in [1.54, 1.807) is 25.3 Å². The lowest BCUT2D eigenvalue weighted by molar-refractivity contribution is -0.385. The Morgan fingerprint density at radius 3 is 2.59 bits per heavy atom. The van der Waals surface area contributed by atoms with Crippen molar-refractivity contribution in [1.82, 2.24) is 0 Å². The Labute approximate surface area is 156 Å². The SMILES string of the molecule is COc1ccc(C2Nc3c(OC)ccc([N+](=O)[O-])c3C3C=CCC32)cc1O. The van der Waals surface area contributed by atoms with Crippen LogP contribution in [0.25, 0.3) is 0 Å². The van der Waals surface area contributed by atoms with Gasteiger partial charge >= 0.3 is 0 Å². The molecule has 3 unspecified atom stereocenters. The highest BCUT2D eigenvalue weighted by Gasteiger charge is 2.43. The number of nitrogens with one attached hydrogen (secondary N) is 1. The Balaban J connectivity index is 1.85. The van der Waals surface area contributed by atoms with Gasteiger partial charge in [-0.05, 0) is 36.1 Å². The van der Waals surface area contributed by atoms with E-state index in [9.17, 15) is 15.2 Å². The number of aromatic hydroxyl groups is 1. The second-order valence-electron chi connectivity index (χ2n) is 6.74. The molecule has 2 N–H and O–H groups in total. The van der Waals surface area contributed by atoms with Crippen LogP contribution in [0, 0.1) is 16.0 Å². The van der Waals surface area contributed by atoms with Crippen LogP contribution < -0.4 is 14.8 Å². The van der Waals surface area contributed by atoms with Gasteiger partial charge < -0.3 is 19.9 Å². The molecule has 3 atom stereocenters. The minimum Gasteiger partial charge on any atom is -0.504 e. The van der Waals surface area contributed by atoms with E-state index in [0.717, 1.165) is 12.0 Å². The standard InChI is InChI=1S/C20H20N2O5/c1-26-16-8-6-11(10-15(16)23)19-13-5-3-4-12(13)18-14(22(24)25)7-9-17(27-2)20(18)21-19/h3-4,6-10,12-13,19,21,23H,5H2,1-2H3. The van der Waals surface area contributed by atoms with Crippen LogP contribution in [0.2, 0.25) is 0 Å². The molecule has 0 saturated carbocycles. The number of hydrogen-bond acceptors (Lipinski definition) is 6. The van der Waals surface area contributed by atoms with Crippen molar-refractivity contribution in [3.05, 3.63) is 63.7 Å². The average molecular weight is 368 g/mol. The van der Waals surface area contributed by atoms with E-state index in [1.165, 1.54) is 13.2 Å². The van der Waals surface area contributed by atoms with Crippen LogP contribution >= 0.6 is 0 Å². The Morgan fingerprint density at radius 2 is 1.93 bits per heavy atom. The van der Waals surface area contributed by atoms with E-state index in [2.05, 4.69) is 11.4 Å². The number of benzene rings is 2. The first-order valence-electron chi connectivity index (χ1n) is 8.70. The highest BCUT2D eigenvalue weighted by Crippen LogP contribution is 2.55. The molecule has 0 radical (unpaired) electrons. The highest BCUT2D eigenvalue weighted by atomic mass is 16.6. The molecule has 1 heterocycles. The molecule has 140 valence electrons. The van der Waals surface area contributed by atoms with Crippen LogP contribution in [0.4, 0.5) is 11.4 Å². The molecule has 1 aliphatic carbocycles. The third-order valence-electron chi connectivity index (χ3n) is 5.44. The molecule has 0 fully saturated rings. The summed E-state index contributed by atoms with van der Waals surface area (Å²) < 4.78 is 10.6. The van der Waals surface area contributed by atoms with Crippen molar-refractivity contribution in [1.29, 1.82) is 0 Å². The summed E-state index contributed by atoms with van der Waals surface area (Å²) in [5.41, 5.74) is 2.29. The molecule has 2 aromatic carbocycles. The second kappa shape index (κ2) is 6.50. The predicted octanol–water partition coefficient (Wildman–Crippen LogP) is 4.14. The minimum atomic E-state index is -0.345. The smallest absolute Gasteiger partial charge is 0.275 e. The van der Waals surface area contributed by atoms with Gasteiger partial charge in [0.05, 0.1) is 36.4 Å². The van der Waals surface area contributed by atoms with Gasteiger partial charge in [0.2, 0.25) is 0 Å². The third-order valence-corrected chi connectivity index (χ3v) is 5.44. The largest absolute Gasteiger partial charge is 0.504 e. The van der Waals surface area contributed by atoms with Gasteiger partial charge in [0.15, 0.2) is 11.5 Å². The zero-order valence-electron chi connectivity index (χ0n) is 15.0. The quantitative estimate of drug-likeness (QED) is 0.478. The van der Waals surface area contributed by atoms with Crippen molar-refractivity contribution in [2.75, 3.05) is 19.5 Å². The number of phenols is 1. The molecule has 0 spiro atoms. The minimum absolute atomic E-state index is 0.0658. The van der Waals surface area contributed by atoms with Crippen molar-refractivity contribution in [3.8, 4) is 17.2 Å². The normalized spacial score (nSPS) is 22.5. The number of methoxy groups -OCH3 is 2. The number of phenolic OH excluding ortho intramolecular Hbond substituents is 1. The molecule has 2 aromatic rings. The van der Waals surface area contributed by atoms with Crippen molar-refractivity contribution in [2.24, 2.45) is 5.92 Å². The summed E-state index contributed by atoms with van der Waals surface area (Å²) in [6.07, 6.45) is 4.89. The molecular formula is C20H20N2O5. The summed E-state index contributed by atoms with van der Waals surface area (Å²) in [5, 5.41) is 25.2. The van der Waals surface area contributed by atoms with E-state index in [4.69, 9.17) is 9.47 Å². The Hall–Kier alpha value is -3.22. The lowest BCUT2D eigenvalue weighted by Crippen LogP contribution is -2.30. The van der Waals surface area contributed by atoms with Gasteiger partial charge in [-0.25, -0.2) is 0 Å². The highest BCUT2D eigenvalue weighted by molar-refractivity contribution is 5.73. The van der Waals surface area contributed by atoms with Gasteiger partial charge in [-0.2, -0.15) is 0 Å². The molecule has 7 nitrogen and oxygen atoms in total. The van der Waals surface area contributed by atoms with Gasteiger partial charge in [-0.1, -0.05) is 18.2 Å². The molecule has 0 amide bonds. The molecule has 0 saturated heterocycles. The van der Waals surface area contributed by atoms with Crippen LogP contribution in [-0.4, -0.2) is 24.2 Å². The maximum absolute atomic E-state index is 11.6. The van der Waals surface area contributed by atoms with Crippen LogP contribution in [0.1, 0.15) is 29.5 Å². The zero-order valence-corrected chi connectivity index (χ0v) is 15.0. The first-order chi connectivity index (χ1) is 13.0. The Morgan fingerprint density at radius 1 is 1.19 bits per heavy atom. The second-order valence-corrected chi connectivity index (χ2v) is 6.74. The fraction of sp³-hybridized carbons (Fsp3) is 0.300. The fourth-order valence-corrected chi connectivity index (χ4v) is 4.22. The third kappa shape index (κ3) is 2.66. The first kappa shape index (κ1) is 17.2. The maximum atomic E-state index is 11.6. The molecule has 2 aliphatic rings. The van der Waals surface area contributed by atoms with Crippen molar-refractivity contribution < 1.29 is 19.5 Å². The van der Waals surface area contributed by atoms with Gasteiger partial charge in [0.25, 0.3) is 5.69 Å². The number of nitro groups is 1. The number of nitrogens with zero attached hydrogens (tertiary/aromatic N) is 1. The Kier molecular flexibility index (Phi) is 4.14. The summed E-state index contributed by atoms with van der Waals surface area (Å²) >= 11 is 0. The van der Waals surface area contributed by atoms with E-state index < -0.39 is 0 Å². The molecule has 4 rings (SSSR count). The van der Waals surface area contributed by atoms with Crippen LogP contribution in [0.15, 0.2) is 42.5 Å². The Bertz CT molecular complexity index is 940. The summed E-state index contributed by atoms with van der Waals surface area (Å²) in [5.74, 6) is 1.06. The molecular weight excluding hydrogens is 348 g/mol. The number of fused-ring (bicyclic) bond motifs is 3. The molecule has 27 heavy (non-hydrogen) atoms. The lowest BCUT2D eigenvalue weighted by atomic mass is 9.76. The number of hydrogen-bond donors (Lipinski definition) is 2. The summed E-state index contributed by atoms with van der Waals surface area (Å²) in [4.78, 5) is 11.2.